The molecule has 1 aliphatic heterocycles. The molecule has 4 saturated carbocycles. The smallest absolute Gasteiger partial charge is 0.128 e. The van der Waals surface area contributed by atoms with Crippen LogP contribution in [0.5, 0.6) is 0 Å². The predicted molar refractivity (Wildman–Crippen MR) is 88.9 cm³/mol. The van der Waals surface area contributed by atoms with Crippen LogP contribution in [0.2, 0.25) is 0 Å². The minimum Gasteiger partial charge on any atom is -0.349 e. The maximum absolute atomic E-state index is 8.65. The second-order valence-electron chi connectivity index (χ2n) is 8.59. The van der Waals surface area contributed by atoms with Crippen molar-refractivity contribution in [1.82, 2.24) is 4.90 Å². The van der Waals surface area contributed by atoms with Crippen molar-refractivity contribution in [3.8, 4) is 0 Å². The molecular formula is C20H26N2. The lowest BCUT2D eigenvalue weighted by atomic mass is 9.47. The van der Waals surface area contributed by atoms with E-state index in [1.165, 1.54) is 49.7 Å². The Labute approximate surface area is 133 Å². The molecule has 5 aliphatic rings. The molecule has 116 valence electrons. The van der Waals surface area contributed by atoms with Crippen molar-refractivity contribution in [3.05, 3.63) is 35.4 Å². The first-order valence-electron chi connectivity index (χ1n) is 9.08. The molecule has 1 unspecified atom stereocenters. The highest BCUT2D eigenvalue weighted by molar-refractivity contribution is 6.00. The fraction of sp³-hybridized carbons (Fsp3) is 0.650. The number of hydrogen-bond donors (Lipinski definition) is 1. The maximum atomic E-state index is 8.65. The van der Waals surface area contributed by atoms with Gasteiger partial charge in [0.15, 0.2) is 0 Å². The summed E-state index contributed by atoms with van der Waals surface area (Å²) in [4.78, 5) is 2.41. The molecule has 0 radical (unpaired) electrons. The van der Waals surface area contributed by atoms with Gasteiger partial charge < -0.3 is 4.90 Å². The second kappa shape index (κ2) is 4.37. The highest BCUT2D eigenvalue weighted by atomic mass is 15.2. The molecule has 1 aromatic rings. The maximum Gasteiger partial charge on any atom is 0.128 e. The average Bonchev–Trinajstić information content (AvgIpc) is 2.83. The highest BCUT2D eigenvalue weighted by Gasteiger charge is 2.54. The number of benzene rings is 1. The molecule has 2 nitrogen and oxygen atoms in total. The fourth-order valence-corrected chi connectivity index (χ4v) is 6.66. The zero-order valence-corrected chi connectivity index (χ0v) is 13.5. The average molecular weight is 294 g/mol. The molecular weight excluding hydrogens is 268 g/mol. The summed E-state index contributed by atoms with van der Waals surface area (Å²) in [6, 6.07) is 9.05. The van der Waals surface area contributed by atoms with E-state index < -0.39 is 0 Å². The minimum atomic E-state index is 0.503. The summed E-state index contributed by atoms with van der Waals surface area (Å²) in [5.41, 5.74) is 3.02. The zero-order valence-electron chi connectivity index (χ0n) is 13.5. The first kappa shape index (κ1) is 13.2. The van der Waals surface area contributed by atoms with Crippen molar-refractivity contribution in [3.63, 3.8) is 0 Å². The van der Waals surface area contributed by atoms with Gasteiger partial charge in [-0.25, -0.2) is 0 Å². The largest absolute Gasteiger partial charge is 0.349 e. The van der Waals surface area contributed by atoms with E-state index in [1.54, 1.807) is 0 Å². The van der Waals surface area contributed by atoms with E-state index in [0.29, 0.717) is 11.5 Å². The summed E-state index contributed by atoms with van der Waals surface area (Å²) < 4.78 is 0. The van der Waals surface area contributed by atoms with Gasteiger partial charge in [0.05, 0.1) is 0 Å². The molecule has 1 heterocycles. The highest BCUT2D eigenvalue weighted by Crippen LogP contribution is 2.62. The lowest BCUT2D eigenvalue weighted by Gasteiger charge is -2.60. The number of hydrogen-bond acceptors (Lipinski definition) is 1. The van der Waals surface area contributed by atoms with Crippen LogP contribution in [0, 0.1) is 28.6 Å². The number of fused-ring (bicyclic) bond motifs is 1. The third kappa shape index (κ3) is 1.70. The number of nitrogens with zero attached hydrogens (tertiary/aromatic N) is 1. The monoisotopic (exact) mass is 294 g/mol. The van der Waals surface area contributed by atoms with Gasteiger partial charge in [-0.1, -0.05) is 24.3 Å². The molecule has 22 heavy (non-hydrogen) atoms. The van der Waals surface area contributed by atoms with E-state index in [2.05, 4.69) is 36.1 Å². The van der Waals surface area contributed by atoms with E-state index >= 15 is 0 Å². The number of amidine groups is 1. The van der Waals surface area contributed by atoms with Crippen molar-refractivity contribution in [2.24, 2.45) is 23.2 Å². The van der Waals surface area contributed by atoms with E-state index in [0.717, 1.165) is 30.1 Å². The van der Waals surface area contributed by atoms with Gasteiger partial charge in [-0.2, -0.15) is 0 Å². The van der Waals surface area contributed by atoms with Crippen molar-refractivity contribution in [1.29, 1.82) is 5.41 Å². The lowest BCUT2D eigenvalue weighted by molar-refractivity contribution is -0.0861. The quantitative estimate of drug-likeness (QED) is 0.858. The summed E-state index contributed by atoms with van der Waals surface area (Å²) in [6.45, 7) is 3.38. The van der Waals surface area contributed by atoms with E-state index in [-0.39, 0.29) is 0 Å². The Hall–Kier alpha value is -1.31. The van der Waals surface area contributed by atoms with Crippen LogP contribution < -0.4 is 0 Å². The van der Waals surface area contributed by atoms with Crippen LogP contribution in [0.15, 0.2) is 24.3 Å². The van der Waals surface area contributed by atoms with Gasteiger partial charge in [0.25, 0.3) is 0 Å². The number of nitrogens with one attached hydrogen (secondary N) is 1. The molecule has 6 rings (SSSR count). The molecule has 4 bridgehead atoms. The van der Waals surface area contributed by atoms with E-state index in [1.807, 2.05) is 0 Å². The molecule has 0 saturated heterocycles. The van der Waals surface area contributed by atoms with Gasteiger partial charge in [0.1, 0.15) is 5.84 Å². The van der Waals surface area contributed by atoms with Crippen LogP contribution in [-0.4, -0.2) is 16.8 Å². The van der Waals surface area contributed by atoms with Crippen molar-refractivity contribution < 1.29 is 0 Å². The van der Waals surface area contributed by atoms with Gasteiger partial charge >= 0.3 is 0 Å². The van der Waals surface area contributed by atoms with E-state index in [9.17, 15) is 0 Å². The normalized spacial score (nSPS) is 40.1. The molecule has 1 aromatic carbocycles. The molecule has 0 aromatic heterocycles. The Kier molecular flexibility index (Phi) is 2.61. The Morgan fingerprint density at radius 3 is 2.23 bits per heavy atom. The van der Waals surface area contributed by atoms with Gasteiger partial charge in [-0.05, 0) is 74.2 Å². The number of rotatable bonds is 2. The Morgan fingerprint density at radius 2 is 1.64 bits per heavy atom. The molecule has 4 aliphatic carbocycles. The summed E-state index contributed by atoms with van der Waals surface area (Å²) in [5, 5.41) is 8.65. The topological polar surface area (TPSA) is 27.1 Å². The van der Waals surface area contributed by atoms with Crippen LogP contribution in [0.4, 0.5) is 0 Å². The van der Waals surface area contributed by atoms with Crippen LogP contribution in [0.25, 0.3) is 0 Å². The Balaban J connectivity index is 1.46. The molecule has 4 fully saturated rings. The minimum absolute atomic E-state index is 0.503. The van der Waals surface area contributed by atoms with Crippen LogP contribution in [0.3, 0.4) is 0 Å². The lowest BCUT2D eigenvalue weighted by Crippen LogP contribution is -2.55. The molecule has 0 spiro atoms. The zero-order chi connectivity index (χ0) is 14.9. The van der Waals surface area contributed by atoms with E-state index in [4.69, 9.17) is 5.41 Å². The van der Waals surface area contributed by atoms with Crippen molar-refractivity contribution >= 4 is 5.84 Å². The Morgan fingerprint density at radius 1 is 1.05 bits per heavy atom. The molecule has 2 heteroatoms. The third-order valence-electron chi connectivity index (χ3n) is 7.34. The standard InChI is InChI=1S/C20H26N2/c1-13(22-12-17-4-2-3-5-18(17)19(22)21)20-9-14-6-15(10-20)8-16(7-14)11-20/h2-5,13-16,21H,6-12H2,1H3. The third-order valence-corrected chi connectivity index (χ3v) is 7.34. The SMILES string of the molecule is CC(N1Cc2ccccc2C1=N)C12CC3CC(CC(C3)C1)C2. The summed E-state index contributed by atoms with van der Waals surface area (Å²) >= 11 is 0. The van der Waals surface area contributed by atoms with Crippen molar-refractivity contribution in [2.45, 2.75) is 58.0 Å². The van der Waals surface area contributed by atoms with Crippen LogP contribution in [0.1, 0.15) is 56.6 Å². The molecule has 0 amide bonds. The molecule has 1 atom stereocenters. The van der Waals surface area contributed by atoms with Gasteiger partial charge in [0.2, 0.25) is 0 Å². The fourth-order valence-electron chi connectivity index (χ4n) is 6.66. The summed E-state index contributed by atoms with van der Waals surface area (Å²) in [6.07, 6.45) is 8.80. The van der Waals surface area contributed by atoms with Crippen LogP contribution >= 0.6 is 0 Å². The summed E-state index contributed by atoms with van der Waals surface area (Å²) in [5.74, 6) is 3.76. The first-order valence-corrected chi connectivity index (χ1v) is 9.08. The van der Waals surface area contributed by atoms with Gasteiger partial charge in [-0.15, -0.1) is 0 Å². The Bertz CT molecular complexity index is 597. The van der Waals surface area contributed by atoms with Crippen LogP contribution in [-0.2, 0) is 6.54 Å². The predicted octanol–water partition coefficient (Wildman–Crippen LogP) is 4.43. The summed E-state index contributed by atoms with van der Waals surface area (Å²) in [7, 11) is 0. The molecule has 1 N–H and O–H groups in total. The second-order valence-corrected chi connectivity index (χ2v) is 8.59. The van der Waals surface area contributed by atoms with Gasteiger partial charge in [0, 0.05) is 18.2 Å². The first-order chi connectivity index (χ1) is 10.6. The van der Waals surface area contributed by atoms with Crippen molar-refractivity contribution in [2.75, 3.05) is 0 Å². The van der Waals surface area contributed by atoms with Gasteiger partial charge in [-0.3, -0.25) is 5.41 Å².